The second-order valence-electron chi connectivity index (χ2n) is 2.06. The second-order valence-corrected chi connectivity index (χ2v) is 2.06. The first-order chi connectivity index (χ1) is 4.47. The Kier molecular flexibility index (Phi) is 2.21. The molecule has 0 aliphatic heterocycles. The molecule has 0 amide bonds. The maximum atomic E-state index is 3.12. The quantitative estimate of drug-likeness (QED) is 0.447. The predicted octanol–water partition coefficient (Wildman–Crippen LogP) is -0.716. The number of rotatable bonds is 0. The largest absolute Gasteiger partial charge is 1.00 e. The minimum atomic E-state index is 0. The molecule has 2 heteroatoms. The van der Waals surface area contributed by atoms with E-state index < -0.39 is 0 Å². The molecule has 0 aliphatic rings. The fraction of sp³-hybridized carbons (Fsp3) is 0. The number of H-pyrrole nitrogens is 1. The topological polar surface area (TPSA) is 15.8 Å². The Balaban J connectivity index is 0.000000500. The Labute approximate surface area is 73.1 Å². The van der Waals surface area contributed by atoms with Gasteiger partial charge >= 0.3 is 18.9 Å². The van der Waals surface area contributed by atoms with E-state index in [2.05, 4.69) is 23.2 Å². The van der Waals surface area contributed by atoms with Gasteiger partial charge < -0.3 is 6.41 Å². The molecule has 0 saturated carbocycles. The number of nitrogens with one attached hydrogen (secondary N) is 1. The summed E-state index contributed by atoms with van der Waals surface area (Å²) in [4.78, 5) is 3.12. The Hall–Kier alpha value is -0.643. The van der Waals surface area contributed by atoms with E-state index >= 15 is 0 Å². The molecule has 2 aromatic rings. The van der Waals surface area contributed by atoms with Crippen LogP contribution in [0.3, 0.4) is 0 Å². The van der Waals surface area contributed by atoms with Crippen LogP contribution in [0.4, 0.5) is 0 Å². The average molecular weight is 125 g/mol. The molecule has 1 aromatic carbocycles. The fourth-order valence-corrected chi connectivity index (χ4v) is 0.995. The average Bonchev–Trinajstić information content (AvgIpc) is 2.33. The van der Waals surface area contributed by atoms with Crippen molar-refractivity contribution in [3.05, 3.63) is 36.5 Å². The van der Waals surface area contributed by atoms with E-state index in [4.69, 9.17) is 0 Å². The Morgan fingerprint density at radius 3 is 2.70 bits per heavy atom. The van der Waals surface area contributed by atoms with Crippen LogP contribution in [0.5, 0.6) is 0 Å². The summed E-state index contributed by atoms with van der Waals surface area (Å²) in [5, 5.41) is 1.28. The molecule has 0 spiro atoms. The second kappa shape index (κ2) is 2.96. The maximum absolute atomic E-state index is 3.12. The summed E-state index contributed by atoms with van der Waals surface area (Å²) in [5.74, 6) is 0. The van der Waals surface area contributed by atoms with Gasteiger partial charge in [0.25, 0.3) is 0 Å². The van der Waals surface area contributed by atoms with Crippen molar-refractivity contribution < 1.29 is 20.3 Å². The molecule has 1 heterocycles. The SMILES string of the molecule is [H-].[Li+].c1ccc2[nH]ccc2c1. The first kappa shape index (κ1) is 7.46. The number of fused-ring (bicyclic) bond motifs is 1. The zero-order valence-corrected chi connectivity index (χ0v) is 5.96. The molecule has 46 valence electrons. The number of hydrogen-bond acceptors (Lipinski definition) is 0. The molecule has 10 heavy (non-hydrogen) atoms. The number of hydrogen-bond donors (Lipinski definition) is 1. The molecule has 0 bridgehead atoms. The molecule has 2 rings (SSSR count). The molecule has 0 fully saturated rings. The van der Waals surface area contributed by atoms with Gasteiger partial charge in [-0.05, 0) is 17.5 Å². The van der Waals surface area contributed by atoms with Crippen molar-refractivity contribution in [3.8, 4) is 0 Å². The first-order valence-corrected chi connectivity index (χ1v) is 2.99. The monoisotopic (exact) mass is 125 g/mol. The van der Waals surface area contributed by atoms with Crippen molar-refractivity contribution in [3.63, 3.8) is 0 Å². The normalized spacial score (nSPS) is 9.20. The zero-order valence-electron chi connectivity index (χ0n) is 6.96. The molecule has 1 N–H and O–H groups in total. The minimum Gasteiger partial charge on any atom is -1.00 e. The molecule has 0 radical (unpaired) electrons. The van der Waals surface area contributed by atoms with Gasteiger partial charge in [0.2, 0.25) is 0 Å². The number of aromatic amines is 1. The molecule has 1 aromatic heterocycles. The van der Waals surface area contributed by atoms with E-state index in [0.29, 0.717) is 0 Å². The van der Waals surface area contributed by atoms with Crippen LogP contribution in [0, 0.1) is 0 Å². The maximum Gasteiger partial charge on any atom is 1.00 e. The molecule has 0 unspecified atom stereocenters. The summed E-state index contributed by atoms with van der Waals surface area (Å²) in [6, 6.07) is 10.3. The number of benzene rings is 1. The van der Waals surface area contributed by atoms with Crippen LogP contribution in [0.25, 0.3) is 10.9 Å². The molecular weight excluding hydrogens is 117 g/mol. The van der Waals surface area contributed by atoms with Crippen molar-refractivity contribution in [2.75, 3.05) is 0 Å². The van der Waals surface area contributed by atoms with Gasteiger partial charge in [0.1, 0.15) is 0 Å². The third kappa shape index (κ3) is 1.11. The van der Waals surface area contributed by atoms with Gasteiger partial charge in [0.15, 0.2) is 0 Å². The summed E-state index contributed by atoms with van der Waals surface area (Å²) in [5.41, 5.74) is 1.21. The molecule has 1 nitrogen and oxygen atoms in total. The summed E-state index contributed by atoms with van der Waals surface area (Å²) < 4.78 is 0. The van der Waals surface area contributed by atoms with Crippen LogP contribution in [0.2, 0.25) is 0 Å². The Morgan fingerprint density at radius 1 is 1.10 bits per heavy atom. The van der Waals surface area contributed by atoms with E-state index in [1.807, 2.05) is 18.3 Å². The van der Waals surface area contributed by atoms with Crippen molar-refractivity contribution in [2.24, 2.45) is 0 Å². The van der Waals surface area contributed by atoms with Crippen molar-refractivity contribution in [1.29, 1.82) is 0 Å². The van der Waals surface area contributed by atoms with E-state index in [9.17, 15) is 0 Å². The smallest absolute Gasteiger partial charge is 1.00 e. The fourth-order valence-electron chi connectivity index (χ4n) is 0.995. The van der Waals surface area contributed by atoms with Crippen LogP contribution in [-0.2, 0) is 0 Å². The van der Waals surface area contributed by atoms with Gasteiger partial charge in [-0.3, -0.25) is 0 Å². The van der Waals surface area contributed by atoms with E-state index in [1.54, 1.807) is 0 Å². The molecule has 0 atom stereocenters. The third-order valence-corrected chi connectivity index (χ3v) is 1.46. The van der Waals surface area contributed by atoms with Gasteiger partial charge in [-0.2, -0.15) is 0 Å². The van der Waals surface area contributed by atoms with Crippen LogP contribution in [-0.4, -0.2) is 4.98 Å². The molecular formula is C8H8LiN. The van der Waals surface area contributed by atoms with Gasteiger partial charge in [-0.1, -0.05) is 18.2 Å². The Morgan fingerprint density at radius 2 is 1.90 bits per heavy atom. The van der Waals surface area contributed by atoms with Gasteiger partial charge in [0, 0.05) is 11.7 Å². The minimum absolute atomic E-state index is 0. The van der Waals surface area contributed by atoms with E-state index in [-0.39, 0.29) is 20.3 Å². The van der Waals surface area contributed by atoms with Gasteiger partial charge in [-0.15, -0.1) is 0 Å². The number of para-hydroxylation sites is 1. The van der Waals surface area contributed by atoms with Gasteiger partial charge in [-0.25, -0.2) is 0 Å². The van der Waals surface area contributed by atoms with Crippen LogP contribution < -0.4 is 18.9 Å². The standard InChI is InChI=1S/C8H7N.Li.H/c1-2-4-8-7(3-1)5-6-9-8;;/h1-6,9H;;/q;+1;-1. The molecule has 0 saturated heterocycles. The predicted molar refractivity (Wildman–Crippen MR) is 39.4 cm³/mol. The van der Waals surface area contributed by atoms with Gasteiger partial charge in [0.05, 0.1) is 0 Å². The van der Waals surface area contributed by atoms with Crippen molar-refractivity contribution >= 4 is 10.9 Å². The van der Waals surface area contributed by atoms with Crippen molar-refractivity contribution in [2.45, 2.75) is 0 Å². The van der Waals surface area contributed by atoms with E-state index in [1.165, 1.54) is 10.9 Å². The first-order valence-electron chi connectivity index (χ1n) is 2.99. The van der Waals surface area contributed by atoms with Crippen LogP contribution in [0.1, 0.15) is 1.43 Å². The third-order valence-electron chi connectivity index (χ3n) is 1.46. The van der Waals surface area contributed by atoms with Crippen LogP contribution >= 0.6 is 0 Å². The number of aromatic nitrogens is 1. The van der Waals surface area contributed by atoms with Crippen molar-refractivity contribution in [1.82, 2.24) is 4.98 Å². The molecule has 0 aliphatic carbocycles. The Bertz CT molecular complexity index is 288. The zero-order chi connectivity index (χ0) is 6.10. The summed E-state index contributed by atoms with van der Waals surface area (Å²) in [7, 11) is 0. The van der Waals surface area contributed by atoms with Crippen LogP contribution in [0.15, 0.2) is 36.5 Å². The van der Waals surface area contributed by atoms with E-state index in [0.717, 1.165) is 0 Å². The summed E-state index contributed by atoms with van der Waals surface area (Å²) in [6.07, 6.45) is 1.95. The summed E-state index contributed by atoms with van der Waals surface area (Å²) in [6.45, 7) is 0. The summed E-state index contributed by atoms with van der Waals surface area (Å²) >= 11 is 0.